The summed E-state index contributed by atoms with van der Waals surface area (Å²) in [5.41, 5.74) is 0.194. The van der Waals surface area contributed by atoms with Gasteiger partial charge in [0.2, 0.25) is 0 Å². The Morgan fingerprint density at radius 2 is 1.83 bits per heavy atom. The fourth-order valence-electron chi connectivity index (χ4n) is 1.42. The van der Waals surface area contributed by atoms with Crippen LogP contribution in [-0.4, -0.2) is 11.3 Å². The molecule has 1 heterocycles. The van der Waals surface area contributed by atoms with Crippen molar-refractivity contribution in [1.82, 2.24) is 4.98 Å². The highest BCUT2D eigenvalue weighted by atomic mass is 19.4. The minimum atomic E-state index is -4.81. The zero-order valence-corrected chi connectivity index (χ0v) is 8.91. The summed E-state index contributed by atoms with van der Waals surface area (Å²) in [7, 11) is 0. The number of ether oxygens (including phenoxy) is 1. The van der Waals surface area contributed by atoms with Crippen molar-refractivity contribution >= 4 is 0 Å². The van der Waals surface area contributed by atoms with Crippen molar-refractivity contribution in [3.8, 4) is 17.0 Å². The quantitative estimate of drug-likeness (QED) is 0.764. The van der Waals surface area contributed by atoms with E-state index in [1.54, 1.807) is 12.1 Å². The number of halogens is 4. The molecule has 6 heteroatoms. The van der Waals surface area contributed by atoms with Gasteiger partial charge in [-0.2, -0.15) is 0 Å². The molecule has 1 aromatic carbocycles. The molecule has 0 aliphatic carbocycles. The monoisotopic (exact) mass is 257 g/mol. The average Bonchev–Trinajstić information content (AvgIpc) is 2.31. The third kappa shape index (κ3) is 2.97. The Kier molecular flexibility index (Phi) is 3.18. The normalized spacial score (nSPS) is 11.3. The predicted molar refractivity (Wildman–Crippen MR) is 56.3 cm³/mol. The van der Waals surface area contributed by atoms with Crippen molar-refractivity contribution in [1.29, 1.82) is 0 Å². The number of nitrogens with zero attached hydrogens (tertiary/aromatic N) is 1. The van der Waals surface area contributed by atoms with E-state index in [-0.39, 0.29) is 11.3 Å². The van der Waals surface area contributed by atoms with Crippen LogP contribution in [0, 0.1) is 5.82 Å². The van der Waals surface area contributed by atoms with Gasteiger partial charge in [-0.05, 0) is 30.3 Å². The molecule has 18 heavy (non-hydrogen) atoms. The molecule has 0 atom stereocenters. The second-order valence-electron chi connectivity index (χ2n) is 3.40. The van der Waals surface area contributed by atoms with Gasteiger partial charge in [0.25, 0.3) is 0 Å². The Bertz CT molecular complexity index is 540. The molecule has 0 spiro atoms. The maximum Gasteiger partial charge on any atom is 0.573 e. The number of rotatable bonds is 2. The lowest BCUT2D eigenvalue weighted by molar-refractivity contribution is -0.274. The Balaban J connectivity index is 2.39. The number of hydrogen-bond acceptors (Lipinski definition) is 2. The first-order valence-corrected chi connectivity index (χ1v) is 4.92. The summed E-state index contributed by atoms with van der Waals surface area (Å²) in [4.78, 5) is 3.87. The number of alkyl halides is 3. The molecular formula is C12H7F4NO. The molecule has 94 valence electrons. The highest BCUT2D eigenvalue weighted by Gasteiger charge is 2.31. The Labute approximate surface area is 99.8 Å². The first-order chi connectivity index (χ1) is 8.46. The molecule has 0 saturated heterocycles. The molecule has 0 N–H and O–H groups in total. The molecular weight excluding hydrogens is 250 g/mol. The summed E-state index contributed by atoms with van der Waals surface area (Å²) in [5, 5.41) is 0. The lowest BCUT2D eigenvalue weighted by atomic mass is 10.1. The minimum absolute atomic E-state index is 0.0441. The largest absolute Gasteiger partial charge is 0.573 e. The van der Waals surface area contributed by atoms with Gasteiger partial charge in [0.15, 0.2) is 0 Å². The molecule has 0 amide bonds. The molecule has 0 aliphatic rings. The van der Waals surface area contributed by atoms with Gasteiger partial charge in [-0.1, -0.05) is 6.07 Å². The van der Waals surface area contributed by atoms with E-state index in [1.807, 2.05) is 0 Å². The highest BCUT2D eigenvalue weighted by molar-refractivity contribution is 5.61. The van der Waals surface area contributed by atoms with E-state index in [1.165, 1.54) is 12.3 Å². The lowest BCUT2D eigenvalue weighted by Gasteiger charge is -2.10. The molecule has 0 fully saturated rings. The van der Waals surface area contributed by atoms with Crippen LogP contribution in [0.15, 0.2) is 42.6 Å². The van der Waals surface area contributed by atoms with Crippen molar-refractivity contribution < 1.29 is 22.3 Å². The van der Waals surface area contributed by atoms with Gasteiger partial charge in [0.05, 0.1) is 5.69 Å². The second-order valence-corrected chi connectivity index (χ2v) is 3.40. The van der Waals surface area contributed by atoms with Crippen LogP contribution in [0.25, 0.3) is 11.3 Å². The van der Waals surface area contributed by atoms with Gasteiger partial charge >= 0.3 is 6.36 Å². The fourth-order valence-corrected chi connectivity index (χ4v) is 1.42. The van der Waals surface area contributed by atoms with E-state index in [9.17, 15) is 17.6 Å². The van der Waals surface area contributed by atoms with E-state index in [0.717, 1.165) is 18.2 Å². The molecule has 0 unspecified atom stereocenters. The van der Waals surface area contributed by atoms with E-state index in [2.05, 4.69) is 9.72 Å². The summed E-state index contributed by atoms with van der Waals surface area (Å²) in [5.74, 6) is -1.15. The second kappa shape index (κ2) is 4.64. The maximum absolute atomic E-state index is 13.5. The summed E-state index contributed by atoms with van der Waals surface area (Å²) >= 11 is 0. The molecule has 0 saturated carbocycles. The molecule has 2 aromatic rings. The number of hydrogen-bond donors (Lipinski definition) is 0. The van der Waals surface area contributed by atoms with Crippen LogP contribution in [0.5, 0.6) is 5.75 Å². The third-order valence-electron chi connectivity index (χ3n) is 2.11. The van der Waals surface area contributed by atoms with Crippen molar-refractivity contribution in [3.05, 3.63) is 48.4 Å². The van der Waals surface area contributed by atoms with Gasteiger partial charge < -0.3 is 4.74 Å². The van der Waals surface area contributed by atoms with Crippen LogP contribution in [0.1, 0.15) is 0 Å². The van der Waals surface area contributed by atoms with E-state index in [0.29, 0.717) is 0 Å². The lowest BCUT2D eigenvalue weighted by Crippen LogP contribution is -2.17. The SMILES string of the molecule is Fc1ccc(OC(F)(F)F)cc1-c1ccccn1. The summed E-state index contributed by atoms with van der Waals surface area (Å²) < 4.78 is 53.4. The summed E-state index contributed by atoms with van der Waals surface area (Å²) in [6, 6.07) is 7.51. The number of pyridine rings is 1. The Morgan fingerprint density at radius 3 is 2.44 bits per heavy atom. The first kappa shape index (κ1) is 12.3. The third-order valence-corrected chi connectivity index (χ3v) is 2.11. The van der Waals surface area contributed by atoms with Gasteiger partial charge in [-0.15, -0.1) is 13.2 Å². The molecule has 2 nitrogen and oxygen atoms in total. The van der Waals surface area contributed by atoms with E-state index < -0.39 is 17.9 Å². The van der Waals surface area contributed by atoms with Gasteiger partial charge in [0.1, 0.15) is 11.6 Å². The van der Waals surface area contributed by atoms with Crippen LogP contribution >= 0.6 is 0 Å². The maximum atomic E-state index is 13.5. The van der Waals surface area contributed by atoms with Gasteiger partial charge in [-0.3, -0.25) is 4.98 Å². The molecule has 0 radical (unpaired) electrons. The molecule has 0 aliphatic heterocycles. The Morgan fingerprint density at radius 1 is 1.06 bits per heavy atom. The smallest absolute Gasteiger partial charge is 0.406 e. The molecule has 0 bridgehead atoms. The van der Waals surface area contributed by atoms with Crippen LogP contribution in [-0.2, 0) is 0 Å². The molecule has 1 aromatic heterocycles. The van der Waals surface area contributed by atoms with Crippen LogP contribution in [0.4, 0.5) is 17.6 Å². The minimum Gasteiger partial charge on any atom is -0.406 e. The fraction of sp³-hybridized carbons (Fsp3) is 0.0833. The zero-order valence-electron chi connectivity index (χ0n) is 8.91. The predicted octanol–water partition coefficient (Wildman–Crippen LogP) is 3.79. The van der Waals surface area contributed by atoms with Crippen molar-refractivity contribution in [3.63, 3.8) is 0 Å². The summed E-state index contributed by atoms with van der Waals surface area (Å²) in [6.45, 7) is 0. The molecule has 2 rings (SSSR count). The Hall–Kier alpha value is -2.11. The van der Waals surface area contributed by atoms with Crippen molar-refractivity contribution in [2.75, 3.05) is 0 Å². The topological polar surface area (TPSA) is 22.1 Å². The highest BCUT2D eigenvalue weighted by Crippen LogP contribution is 2.29. The average molecular weight is 257 g/mol. The number of aromatic nitrogens is 1. The van der Waals surface area contributed by atoms with Crippen LogP contribution in [0.2, 0.25) is 0 Å². The van der Waals surface area contributed by atoms with Crippen LogP contribution < -0.4 is 4.74 Å². The van der Waals surface area contributed by atoms with Gasteiger partial charge in [-0.25, -0.2) is 4.39 Å². The van der Waals surface area contributed by atoms with Crippen molar-refractivity contribution in [2.24, 2.45) is 0 Å². The standard InChI is InChI=1S/C12H7F4NO/c13-10-5-4-8(18-12(14,15)16)7-9(10)11-3-1-2-6-17-11/h1-7H. The van der Waals surface area contributed by atoms with E-state index >= 15 is 0 Å². The van der Waals surface area contributed by atoms with Gasteiger partial charge in [0, 0.05) is 11.8 Å². The zero-order chi connectivity index (χ0) is 13.2. The number of benzene rings is 1. The van der Waals surface area contributed by atoms with Crippen LogP contribution in [0.3, 0.4) is 0 Å². The van der Waals surface area contributed by atoms with E-state index in [4.69, 9.17) is 0 Å². The van der Waals surface area contributed by atoms with Crippen molar-refractivity contribution in [2.45, 2.75) is 6.36 Å². The first-order valence-electron chi connectivity index (χ1n) is 4.92. The summed E-state index contributed by atoms with van der Waals surface area (Å²) in [6.07, 6.45) is -3.38.